The van der Waals surface area contributed by atoms with Crippen LogP contribution >= 0.6 is 0 Å². The van der Waals surface area contributed by atoms with Crippen molar-refractivity contribution in [3.8, 4) is 0 Å². The van der Waals surface area contributed by atoms with Gasteiger partial charge in [-0.2, -0.15) is 0 Å². The second-order valence-electron chi connectivity index (χ2n) is 1.27. The van der Waals surface area contributed by atoms with E-state index in [1.807, 2.05) is 13.8 Å². The van der Waals surface area contributed by atoms with Gasteiger partial charge in [0.05, 0.1) is 0 Å². The Hall–Kier alpha value is 1.07. The molecule has 0 aromatic rings. The Labute approximate surface area is 105 Å². The Morgan fingerprint density at radius 2 is 1.60 bits per heavy atom. The van der Waals surface area contributed by atoms with Gasteiger partial charge in [-0.1, -0.05) is 0 Å². The molecule has 3 nitrogen and oxygen atoms in total. The van der Waals surface area contributed by atoms with Crippen molar-refractivity contribution in [2.75, 3.05) is 13.2 Å². The van der Waals surface area contributed by atoms with Crippen molar-refractivity contribution >= 4 is 5.97 Å². The number of aliphatic carboxylic acids is 1. The van der Waals surface area contributed by atoms with Crippen molar-refractivity contribution in [3.05, 3.63) is 0 Å². The zero-order valence-corrected chi connectivity index (χ0v) is 10.3. The zero-order chi connectivity index (χ0) is 7.70. The van der Waals surface area contributed by atoms with E-state index in [1.54, 1.807) is 0 Å². The van der Waals surface area contributed by atoms with Crippen LogP contribution in [-0.4, -0.2) is 19.2 Å². The molecular weight excluding hydrogens is 159 g/mol. The number of carbonyl (C=O) groups is 1. The van der Waals surface area contributed by atoms with Gasteiger partial charge in [-0.3, -0.25) is 0 Å². The molecule has 0 atom stereocenters. The molecule has 0 aliphatic carbocycles. The number of hydrogen-bond acceptors (Lipinski definition) is 3. The summed E-state index contributed by atoms with van der Waals surface area (Å²) in [6.07, 6.45) is 0. The van der Waals surface area contributed by atoms with Crippen LogP contribution in [0.1, 0.15) is 20.8 Å². The quantitative estimate of drug-likeness (QED) is 0.412. The van der Waals surface area contributed by atoms with Gasteiger partial charge in [0.2, 0.25) is 0 Å². The molecule has 0 bridgehead atoms. The maximum atomic E-state index is 8.89. The molecule has 0 aliphatic rings. The van der Waals surface area contributed by atoms with Gasteiger partial charge < -0.3 is 14.6 Å². The summed E-state index contributed by atoms with van der Waals surface area (Å²) in [7, 11) is 0. The summed E-state index contributed by atoms with van der Waals surface area (Å²) in [5.41, 5.74) is 0. The molecule has 0 aromatic carbocycles. The van der Waals surface area contributed by atoms with Gasteiger partial charge in [0.25, 0.3) is 0 Å². The Balaban J connectivity index is -0.0000000910. The molecule has 0 spiro atoms. The molecule has 10 heavy (non-hydrogen) atoms. The van der Waals surface area contributed by atoms with E-state index in [0.29, 0.717) is 0 Å². The summed E-state index contributed by atoms with van der Waals surface area (Å²) < 4.78 is 4.83. The summed E-state index contributed by atoms with van der Waals surface area (Å²) in [6, 6.07) is 0. The van der Waals surface area contributed by atoms with E-state index < -0.39 is 5.97 Å². The molecule has 0 unspecified atom stereocenters. The summed E-state index contributed by atoms with van der Waals surface area (Å²) >= 11 is 0. The van der Waals surface area contributed by atoms with Crippen LogP contribution in [0.15, 0.2) is 0 Å². The van der Waals surface area contributed by atoms with Crippen molar-refractivity contribution in [1.29, 1.82) is 0 Å². The average Bonchev–Trinajstić information content (AvgIpc) is 1.66. The summed E-state index contributed by atoms with van der Waals surface area (Å²) in [4.78, 5) is 8.89. The van der Waals surface area contributed by atoms with Gasteiger partial charge in [-0.05, 0) is 20.8 Å². The molecule has 56 valence electrons. The molecule has 0 saturated heterocycles. The first kappa shape index (κ1) is 17.2. The molecule has 4 heteroatoms. The number of carbonyl (C=O) groups excluding carboxylic acids is 1. The minimum absolute atomic E-state index is 0. The molecule has 0 heterocycles. The number of carboxylic acid groups (broad SMARTS) is 1. The SMILES string of the molecule is CC(=O)[O-].CCOCC.[K+]. The number of carboxylic acids is 1. The van der Waals surface area contributed by atoms with Crippen LogP contribution in [0.5, 0.6) is 0 Å². The first-order chi connectivity index (χ1) is 4.15. The molecule has 0 fully saturated rings. The third-order valence-electron chi connectivity index (χ3n) is 0.408. The van der Waals surface area contributed by atoms with Gasteiger partial charge in [0.1, 0.15) is 0 Å². The Morgan fingerprint density at radius 1 is 1.40 bits per heavy atom. The van der Waals surface area contributed by atoms with Crippen LogP contribution < -0.4 is 56.5 Å². The minimum Gasteiger partial charge on any atom is -0.550 e. The maximum Gasteiger partial charge on any atom is 1.00 e. The fourth-order valence-electron chi connectivity index (χ4n) is 0.204. The largest absolute Gasteiger partial charge is 1.00 e. The molecule has 0 radical (unpaired) electrons. The van der Waals surface area contributed by atoms with Crippen LogP contribution in [0.3, 0.4) is 0 Å². The van der Waals surface area contributed by atoms with Crippen LogP contribution in [0.25, 0.3) is 0 Å². The monoisotopic (exact) mass is 172 g/mol. The molecule has 0 amide bonds. The van der Waals surface area contributed by atoms with E-state index in [4.69, 9.17) is 14.6 Å². The van der Waals surface area contributed by atoms with E-state index in [1.165, 1.54) is 0 Å². The maximum absolute atomic E-state index is 8.89. The standard InChI is InChI=1S/C4H10O.C2H4O2.K/c1-3-5-4-2;1-2(3)4;/h3-4H2,1-2H3;1H3,(H,3,4);/q;;+1/p-1. The molecular formula is C6H13KO3. The summed E-state index contributed by atoms with van der Waals surface area (Å²) in [6.45, 7) is 6.64. The van der Waals surface area contributed by atoms with Gasteiger partial charge in [-0.15, -0.1) is 0 Å². The Bertz CT molecular complexity index is 60.0. The molecule has 0 rings (SSSR count). The Morgan fingerprint density at radius 3 is 1.60 bits per heavy atom. The number of ether oxygens (including phenoxy) is 1. The van der Waals surface area contributed by atoms with E-state index in [-0.39, 0.29) is 51.4 Å². The van der Waals surface area contributed by atoms with E-state index in [2.05, 4.69) is 0 Å². The first-order valence-electron chi connectivity index (χ1n) is 2.90. The summed E-state index contributed by atoms with van der Waals surface area (Å²) in [5, 5.41) is 8.89. The van der Waals surface area contributed by atoms with Crippen molar-refractivity contribution in [3.63, 3.8) is 0 Å². The van der Waals surface area contributed by atoms with Gasteiger partial charge in [0, 0.05) is 19.2 Å². The third kappa shape index (κ3) is 62.7. The van der Waals surface area contributed by atoms with Crippen molar-refractivity contribution < 1.29 is 66.0 Å². The fraction of sp³-hybridized carbons (Fsp3) is 0.833. The molecule has 0 aromatic heterocycles. The van der Waals surface area contributed by atoms with Crippen molar-refractivity contribution in [1.82, 2.24) is 0 Å². The normalized spacial score (nSPS) is 6.70. The van der Waals surface area contributed by atoms with Crippen LogP contribution in [0.2, 0.25) is 0 Å². The van der Waals surface area contributed by atoms with Crippen molar-refractivity contribution in [2.24, 2.45) is 0 Å². The van der Waals surface area contributed by atoms with Gasteiger partial charge >= 0.3 is 51.4 Å². The average molecular weight is 172 g/mol. The molecule has 0 saturated carbocycles. The van der Waals surface area contributed by atoms with Crippen molar-refractivity contribution in [2.45, 2.75) is 20.8 Å². The van der Waals surface area contributed by atoms with E-state index in [9.17, 15) is 0 Å². The number of hydrogen-bond donors (Lipinski definition) is 0. The van der Waals surface area contributed by atoms with Crippen LogP contribution in [0, 0.1) is 0 Å². The summed E-state index contributed by atoms with van der Waals surface area (Å²) in [5.74, 6) is -1.08. The predicted octanol–water partition coefficient (Wildman–Crippen LogP) is -3.20. The first-order valence-corrected chi connectivity index (χ1v) is 2.90. The fourth-order valence-corrected chi connectivity index (χ4v) is 0.204. The topological polar surface area (TPSA) is 49.4 Å². The second-order valence-corrected chi connectivity index (χ2v) is 1.27. The van der Waals surface area contributed by atoms with E-state index in [0.717, 1.165) is 20.1 Å². The van der Waals surface area contributed by atoms with Crippen LogP contribution in [0.4, 0.5) is 0 Å². The smallest absolute Gasteiger partial charge is 0.550 e. The van der Waals surface area contributed by atoms with Crippen LogP contribution in [-0.2, 0) is 9.53 Å². The molecule has 0 aliphatic heterocycles. The van der Waals surface area contributed by atoms with Gasteiger partial charge in [-0.25, -0.2) is 0 Å². The minimum atomic E-state index is -1.08. The second kappa shape index (κ2) is 16.6. The molecule has 0 N–H and O–H groups in total. The van der Waals surface area contributed by atoms with Gasteiger partial charge in [0.15, 0.2) is 0 Å². The Kier molecular flexibility index (Phi) is 28.6. The number of rotatable bonds is 2. The predicted molar refractivity (Wildman–Crippen MR) is 32.8 cm³/mol. The zero-order valence-electron chi connectivity index (χ0n) is 7.14. The third-order valence-corrected chi connectivity index (χ3v) is 0.408. The van der Waals surface area contributed by atoms with E-state index >= 15 is 0 Å².